The van der Waals surface area contributed by atoms with Gasteiger partial charge in [-0.05, 0) is 23.8 Å². The van der Waals surface area contributed by atoms with Crippen LogP contribution in [-0.4, -0.2) is 27.2 Å². The third-order valence-electron chi connectivity index (χ3n) is 4.38. The summed E-state index contributed by atoms with van der Waals surface area (Å²) in [6.07, 6.45) is 0.0185. The summed E-state index contributed by atoms with van der Waals surface area (Å²) in [6.45, 7) is 0. The molecule has 0 spiro atoms. The fourth-order valence-electron chi connectivity index (χ4n) is 3.26. The van der Waals surface area contributed by atoms with Crippen LogP contribution in [0.3, 0.4) is 0 Å². The number of fused-ring (bicyclic) bond motifs is 1. The summed E-state index contributed by atoms with van der Waals surface area (Å²) in [5.74, 6) is -0.289. The minimum atomic E-state index is -0.623. The van der Waals surface area contributed by atoms with Crippen molar-refractivity contribution < 1.29 is 23.4 Å². The van der Waals surface area contributed by atoms with Crippen molar-refractivity contribution in [3.8, 4) is 23.3 Å². The molecule has 1 unspecified atom stereocenters. The van der Waals surface area contributed by atoms with E-state index in [1.807, 2.05) is 6.07 Å². The summed E-state index contributed by atoms with van der Waals surface area (Å²) in [5.41, 5.74) is 1.61. The lowest BCUT2D eigenvalue weighted by atomic mass is 9.83. The second-order valence-electron chi connectivity index (χ2n) is 5.76. The Morgan fingerprint density at radius 3 is 2.50 bits per heavy atom. The number of anilines is 1. The first-order chi connectivity index (χ1) is 12.5. The van der Waals surface area contributed by atoms with Gasteiger partial charge in [0.1, 0.15) is 5.82 Å². The topological polar surface area (TPSA) is 80.6 Å². The van der Waals surface area contributed by atoms with Crippen LogP contribution in [0.5, 0.6) is 17.2 Å². The van der Waals surface area contributed by atoms with Crippen molar-refractivity contribution in [3.05, 3.63) is 46.8 Å². The minimum Gasteiger partial charge on any atom is -0.493 e. The maximum absolute atomic E-state index is 14.5. The van der Waals surface area contributed by atoms with Gasteiger partial charge in [-0.25, -0.2) is 4.39 Å². The number of methoxy groups -OCH3 is 3. The number of nitriles is 1. The van der Waals surface area contributed by atoms with Crippen molar-refractivity contribution in [3.63, 3.8) is 0 Å². The molecule has 0 aromatic heterocycles. The molecule has 7 heteroatoms. The number of rotatable bonds is 4. The average molecular weight is 356 g/mol. The van der Waals surface area contributed by atoms with E-state index in [9.17, 15) is 9.18 Å². The van der Waals surface area contributed by atoms with Crippen molar-refractivity contribution in [1.82, 2.24) is 0 Å². The molecular formula is C19H17FN2O4. The average Bonchev–Trinajstić information content (AvgIpc) is 2.65. The Morgan fingerprint density at radius 2 is 1.88 bits per heavy atom. The maximum Gasteiger partial charge on any atom is 0.225 e. The summed E-state index contributed by atoms with van der Waals surface area (Å²) in [7, 11) is 4.41. The Balaban J connectivity index is 2.30. The molecule has 1 atom stereocenters. The molecule has 1 amide bonds. The van der Waals surface area contributed by atoms with Crippen LogP contribution in [-0.2, 0) is 4.79 Å². The Morgan fingerprint density at radius 1 is 1.15 bits per heavy atom. The van der Waals surface area contributed by atoms with Crippen molar-refractivity contribution in [2.75, 3.05) is 26.6 Å². The van der Waals surface area contributed by atoms with Gasteiger partial charge in [-0.15, -0.1) is 0 Å². The Hall–Kier alpha value is -3.27. The zero-order valence-corrected chi connectivity index (χ0v) is 14.6. The van der Waals surface area contributed by atoms with Gasteiger partial charge in [0, 0.05) is 24.0 Å². The van der Waals surface area contributed by atoms with E-state index in [0.29, 0.717) is 34.1 Å². The highest BCUT2D eigenvalue weighted by Crippen LogP contribution is 2.51. The standard InChI is InChI=1S/C19H17FN2O4/c1-24-15-8-14-17(19(26-3)18(15)25-2)12(7-16(23)22-14)11-6-10(9-21)4-5-13(11)20/h4-6,8,12H,7H2,1-3H3,(H,22,23). The number of carbonyl (C=O) groups is 1. The highest BCUT2D eigenvalue weighted by Gasteiger charge is 2.34. The molecule has 3 rings (SSSR count). The molecule has 1 aliphatic rings. The van der Waals surface area contributed by atoms with Crippen LogP contribution in [0.4, 0.5) is 10.1 Å². The van der Waals surface area contributed by atoms with Crippen LogP contribution in [0.25, 0.3) is 0 Å². The lowest BCUT2D eigenvalue weighted by Crippen LogP contribution is -2.25. The van der Waals surface area contributed by atoms with Gasteiger partial charge in [-0.1, -0.05) is 0 Å². The number of carbonyl (C=O) groups excluding carboxylic acids is 1. The van der Waals surface area contributed by atoms with Crippen LogP contribution < -0.4 is 19.5 Å². The maximum atomic E-state index is 14.5. The molecule has 0 aliphatic carbocycles. The summed E-state index contributed by atoms with van der Waals surface area (Å²) in [5, 5.41) is 11.9. The number of hydrogen-bond acceptors (Lipinski definition) is 5. The monoisotopic (exact) mass is 356 g/mol. The van der Waals surface area contributed by atoms with E-state index < -0.39 is 11.7 Å². The molecule has 0 saturated carbocycles. The first-order valence-electron chi connectivity index (χ1n) is 7.86. The highest BCUT2D eigenvalue weighted by atomic mass is 19.1. The summed E-state index contributed by atoms with van der Waals surface area (Å²) >= 11 is 0. The minimum absolute atomic E-state index is 0.0185. The van der Waals surface area contributed by atoms with Gasteiger partial charge < -0.3 is 19.5 Å². The number of ether oxygens (including phenoxy) is 3. The van der Waals surface area contributed by atoms with E-state index in [-0.39, 0.29) is 17.9 Å². The lowest BCUT2D eigenvalue weighted by molar-refractivity contribution is -0.116. The summed E-state index contributed by atoms with van der Waals surface area (Å²) in [4.78, 5) is 12.2. The smallest absolute Gasteiger partial charge is 0.225 e. The van der Waals surface area contributed by atoms with Crippen molar-refractivity contribution in [2.24, 2.45) is 0 Å². The summed E-state index contributed by atoms with van der Waals surface area (Å²) < 4.78 is 30.8. The number of benzene rings is 2. The number of nitrogens with one attached hydrogen (secondary N) is 1. The van der Waals surface area contributed by atoms with Crippen LogP contribution in [0.15, 0.2) is 24.3 Å². The lowest BCUT2D eigenvalue weighted by Gasteiger charge is -2.29. The van der Waals surface area contributed by atoms with E-state index >= 15 is 0 Å². The molecule has 134 valence electrons. The van der Waals surface area contributed by atoms with Crippen LogP contribution >= 0.6 is 0 Å². The van der Waals surface area contributed by atoms with Gasteiger partial charge in [-0.3, -0.25) is 4.79 Å². The molecule has 1 heterocycles. The fourth-order valence-corrected chi connectivity index (χ4v) is 3.26. The van der Waals surface area contributed by atoms with E-state index in [1.165, 1.54) is 39.5 Å². The SMILES string of the molecule is COc1cc2c(c(OC)c1OC)C(c1cc(C#N)ccc1F)CC(=O)N2. The Bertz CT molecular complexity index is 921. The van der Waals surface area contributed by atoms with E-state index in [1.54, 1.807) is 6.07 Å². The molecule has 26 heavy (non-hydrogen) atoms. The van der Waals surface area contributed by atoms with Crippen LogP contribution in [0.2, 0.25) is 0 Å². The highest BCUT2D eigenvalue weighted by molar-refractivity contribution is 5.97. The third kappa shape index (κ3) is 2.80. The molecule has 0 fully saturated rings. The number of hydrogen-bond donors (Lipinski definition) is 1. The fraction of sp³-hybridized carbons (Fsp3) is 0.263. The molecule has 1 N–H and O–H groups in total. The molecule has 6 nitrogen and oxygen atoms in total. The second kappa shape index (κ2) is 6.92. The van der Waals surface area contributed by atoms with Gasteiger partial charge in [0.2, 0.25) is 11.7 Å². The number of amides is 1. The first kappa shape index (κ1) is 17.5. The van der Waals surface area contributed by atoms with Crippen molar-refractivity contribution in [2.45, 2.75) is 12.3 Å². The van der Waals surface area contributed by atoms with Gasteiger partial charge in [-0.2, -0.15) is 5.26 Å². The van der Waals surface area contributed by atoms with Gasteiger partial charge in [0.05, 0.1) is 38.6 Å². The summed E-state index contributed by atoms with van der Waals surface area (Å²) in [6, 6.07) is 7.70. The Kier molecular flexibility index (Phi) is 4.67. The zero-order chi connectivity index (χ0) is 18.8. The van der Waals surface area contributed by atoms with E-state index in [0.717, 1.165) is 0 Å². The normalized spacial score (nSPS) is 15.5. The predicted molar refractivity (Wildman–Crippen MR) is 92.3 cm³/mol. The van der Waals surface area contributed by atoms with E-state index in [2.05, 4.69) is 5.32 Å². The van der Waals surface area contributed by atoms with Gasteiger partial charge in [0.15, 0.2) is 11.5 Å². The molecule has 1 aliphatic heterocycles. The second-order valence-corrected chi connectivity index (χ2v) is 5.76. The molecule has 0 radical (unpaired) electrons. The molecule has 2 aromatic rings. The van der Waals surface area contributed by atoms with Crippen molar-refractivity contribution in [1.29, 1.82) is 5.26 Å². The predicted octanol–water partition coefficient (Wildman–Crippen LogP) is 3.20. The quantitative estimate of drug-likeness (QED) is 0.910. The molecule has 0 bridgehead atoms. The Labute approximate surface area is 150 Å². The van der Waals surface area contributed by atoms with E-state index in [4.69, 9.17) is 19.5 Å². The molecule has 2 aromatic carbocycles. The largest absolute Gasteiger partial charge is 0.493 e. The molecular weight excluding hydrogens is 339 g/mol. The zero-order valence-electron chi connectivity index (χ0n) is 14.6. The first-order valence-corrected chi connectivity index (χ1v) is 7.86. The number of nitrogens with zero attached hydrogens (tertiary/aromatic N) is 1. The van der Waals surface area contributed by atoms with Gasteiger partial charge >= 0.3 is 0 Å². The third-order valence-corrected chi connectivity index (χ3v) is 4.38. The van der Waals surface area contributed by atoms with Crippen molar-refractivity contribution >= 4 is 11.6 Å². The number of halogens is 1. The van der Waals surface area contributed by atoms with Gasteiger partial charge in [0.25, 0.3) is 0 Å². The van der Waals surface area contributed by atoms with Crippen LogP contribution in [0.1, 0.15) is 29.0 Å². The molecule has 0 saturated heterocycles. The van der Waals surface area contributed by atoms with Crippen LogP contribution in [0, 0.1) is 17.1 Å².